The topological polar surface area (TPSA) is 137 Å². The summed E-state index contributed by atoms with van der Waals surface area (Å²) in [5.74, 6) is -4.13. The molecule has 0 saturated carbocycles. The summed E-state index contributed by atoms with van der Waals surface area (Å²) in [5, 5.41) is 19.4. The van der Waals surface area contributed by atoms with E-state index in [9.17, 15) is 19.2 Å². The average molecular weight is 298 g/mol. The van der Waals surface area contributed by atoms with Crippen LogP contribution in [-0.2, 0) is 14.4 Å². The number of aliphatic carboxylic acids is 2. The van der Waals surface area contributed by atoms with Gasteiger partial charge in [0.05, 0.1) is 19.2 Å². The zero-order valence-corrected chi connectivity index (χ0v) is 11.1. The van der Waals surface area contributed by atoms with E-state index < -0.39 is 42.8 Å². The van der Waals surface area contributed by atoms with E-state index in [0.29, 0.717) is 0 Å². The Kier molecular flexibility index (Phi) is 5.47. The molecule has 1 atom stereocenters. The zero-order chi connectivity index (χ0) is 16.0. The van der Waals surface area contributed by atoms with Gasteiger partial charge in [0.15, 0.2) is 5.76 Å². The molecule has 0 unspecified atom stereocenters. The number of carbonyl (C=O) groups is 4. The summed E-state index contributed by atoms with van der Waals surface area (Å²) in [5.41, 5.74) is 0. The van der Waals surface area contributed by atoms with Crippen LogP contribution in [0.4, 0.5) is 0 Å². The van der Waals surface area contributed by atoms with Crippen molar-refractivity contribution >= 4 is 23.8 Å². The van der Waals surface area contributed by atoms with Crippen molar-refractivity contribution in [3.63, 3.8) is 0 Å². The highest BCUT2D eigenvalue weighted by atomic mass is 16.4. The van der Waals surface area contributed by atoms with Crippen molar-refractivity contribution in [1.82, 2.24) is 10.2 Å². The lowest BCUT2D eigenvalue weighted by molar-refractivity contribution is -0.147. The van der Waals surface area contributed by atoms with Gasteiger partial charge in [0.2, 0.25) is 5.91 Å². The fourth-order valence-corrected chi connectivity index (χ4v) is 1.49. The van der Waals surface area contributed by atoms with Gasteiger partial charge in [0, 0.05) is 7.05 Å². The van der Waals surface area contributed by atoms with E-state index in [1.54, 1.807) is 0 Å². The number of nitrogens with zero attached hydrogens (tertiary/aromatic N) is 1. The van der Waals surface area contributed by atoms with E-state index in [2.05, 4.69) is 0 Å². The van der Waals surface area contributed by atoms with Crippen LogP contribution in [0.3, 0.4) is 0 Å². The van der Waals surface area contributed by atoms with Crippen LogP contribution in [-0.4, -0.2) is 58.5 Å². The van der Waals surface area contributed by atoms with E-state index in [-0.39, 0.29) is 5.76 Å². The van der Waals surface area contributed by atoms with Crippen molar-refractivity contribution in [2.75, 3.05) is 13.6 Å². The molecule has 0 aliphatic heterocycles. The van der Waals surface area contributed by atoms with Gasteiger partial charge in [-0.15, -0.1) is 0 Å². The number of carboxylic acids is 2. The summed E-state index contributed by atoms with van der Waals surface area (Å²) < 4.78 is 4.88. The van der Waals surface area contributed by atoms with E-state index in [1.165, 1.54) is 25.4 Å². The molecule has 9 heteroatoms. The van der Waals surface area contributed by atoms with Gasteiger partial charge in [-0.25, -0.2) is 4.79 Å². The van der Waals surface area contributed by atoms with Crippen molar-refractivity contribution in [3.8, 4) is 0 Å². The molecule has 1 rings (SSSR count). The second kappa shape index (κ2) is 7.08. The van der Waals surface area contributed by atoms with Gasteiger partial charge in [0.1, 0.15) is 6.04 Å². The highest BCUT2D eigenvalue weighted by Gasteiger charge is 2.24. The molecule has 3 N–H and O–H groups in total. The Hall–Kier alpha value is -2.84. The van der Waals surface area contributed by atoms with Gasteiger partial charge in [-0.3, -0.25) is 14.4 Å². The maximum absolute atomic E-state index is 11.8. The van der Waals surface area contributed by atoms with Crippen LogP contribution < -0.4 is 5.32 Å². The number of amides is 2. The highest BCUT2D eigenvalue weighted by molar-refractivity contribution is 5.95. The molecule has 0 fully saturated rings. The third-order valence-electron chi connectivity index (χ3n) is 2.47. The molecule has 21 heavy (non-hydrogen) atoms. The minimum atomic E-state index is -1.55. The summed E-state index contributed by atoms with van der Waals surface area (Å²) in [6.07, 6.45) is 0.547. The number of hydrogen-bond acceptors (Lipinski definition) is 5. The predicted octanol–water partition coefficient (Wildman–Crippen LogP) is -0.604. The number of nitrogens with one attached hydrogen (secondary N) is 1. The molecule has 0 bridgehead atoms. The quantitative estimate of drug-likeness (QED) is 0.611. The first-order valence-electron chi connectivity index (χ1n) is 5.84. The average Bonchev–Trinajstić information content (AvgIpc) is 2.89. The monoisotopic (exact) mass is 298 g/mol. The molecule has 0 saturated heterocycles. The van der Waals surface area contributed by atoms with Gasteiger partial charge in [-0.2, -0.15) is 0 Å². The van der Waals surface area contributed by atoms with Crippen LogP contribution in [0.25, 0.3) is 0 Å². The van der Waals surface area contributed by atoms with Crippen LogP contribution in [0.1, 0.15) is 17.0 Å². The zero-order valence-electron chi connectivity index (χ0n) is 11.1. The van der Waals surface area contributed by atoms with E-state index in [0.717, 1.165) is 4.90 Å². The molecule has 2 amide bonds. The van der Waals surface area contributed by atoms with Crippen LogP contribution >= 0.6 is 0 Å². The molecular weight excluding hydrogens is 284 g/mol. The maximum Gasteiger partial charge on any atom is 0.326 e. The fraction of sp³-hybridized carbons (Fsp3) is 0.333. The molecule has 0 aliphatic rings. The second-order valence-electron chi connectivity index (χ2n) is 4.19. The lowest BCUT2D eigenvalue weighted by Gasteiger charge is -2.17. The molecular formula is C12H14N2O7. The molecule has 1 heterocycles. The van der Waals surface area contributed by atoms with Crippen LogP contribution in [0, 0.1) is 0 Å². The predicted molar refractivity (Wildman–Crippen MR) is 67.5 cm³/mol. The van der Waals surface area contributed by atoms with Gasteiger partial charge in [-0.1, -0.05) is 0 Å². The van der Waals surface area contributed by atoms with E-state index in [4.69, 9.17) is 14.6 Å². The number of likely N-dealkylation sites (N-methyl/N-ethyl adjacent to an activating group) is 1. The molecule has 1 aromatic rings. The Balaban J connectivity index is 2.57. The van der Waals surface area contributed by atoms with Gasteiger partial charge in [-0.05, 0) is 12.1 Å². The Bertz CT molecular complexity index is 538. The van der Waals surface area contributed by atoms with Crippen molar-refractivity contribution in [2.24, 2.45) is 0 Å². The van der Waals surface area contributed by atoms with Crippen LogP contribution in [0.5, 0.6) is 0 Å². The third kappa shape index (κ3) is 4.97. The SMILES string of the molecule is CN(CC(=O)N[C@@H](CC(=O)O)C(=O)O)C(=O)c1ccco1. The molecule has 0 spiro atoms. The minimum Gasteiger partial charge on any atom is -0.481 e. The lowest BCUT2D eigenvalue weighted by Crippen LogP contribution is -2.46. The number of carbonyl (C=O) groups excluding carboxylic acids is 2. The molecule has 1 aromatic heterocycles. The summed E-state index contributed by atoms with van der Waals surface area (Å²) >= 11 is 0. The Morgan fingerprint density at radius 1 is 1.33 bits per heavy atom. The first-order chi connectivity index (χ1) is 9.81. The minimum absolute atomic E-state index is 0.0330. The normalized spacial score (nSPS) is 11.5. The van der Waals surface area contributed by atoms with Gasteiger partial charge < -0.3 is 24.8 Å². The fourth-order valence-electron chi connectivity index (χ4n) is 1.49. The molecule has 0 aromatic carbocycles. The van der Waals surface area contributed by atoms with Crippen molar-refractivity contribution in [3.05, 3.63) is 24.2 Å². The van der Waals surface area contributed by atoms with Crippen molar-refractivity contribution in [2.45, 2.75) is 12.5 Å². The highest BCUT2D eigenvalue weighted by Crippen LogP contribution is 2.04. The molecule has 114 valence electrons. The second-order valence-corrected chi connectivity index (χ2v) is 4.19. The standard InChI is InChI=1S/C12H14N2O7/c1-14(11(18)8-3-2-4-21-8)6-9(15)13-7(12(19)20)5-10(16)17/h2-4,7H,5-6H2,1H3,(H,13,15)(H,16,17)(H,19,20)/t7-/m0/s1. The van der Waals surface area contributed by atoms with Crippen molar-refractivity contribution in [1.29, 1.82) is 0 Å². The summed E-state index contributed by atoms with van der Waals surface area (Å²) in [6.45, 7) is -0.428. The largest absolute Gasteiger partial charge is 0.481 e. The van der Waals surface area contributed by atoms with Gasteiger partial charge >= 0.3 is 11.9 Å². The maximum atomic E-state index is 11.8. The number of carboxylic acid groups (broad SMARTS) is 2. The number of furan rings is 1. The molecule has 9 nitrogen and oxygen atoms in total. The lowest BCUT2D eigenvalue weighted by atomic mass is 10.2. The molecule has 0 radical (unpaired) electrons. The number of rotatable bonds is 7. The van der Waals surface area contributed by atoms with Crippen molar-refractivity contribution < 1.29 is 33.8 Å². The summed E-state index contributed by atoms with van der Waals surface area (Å²) in [4.78, 5) is 45.7. The molecule has 0 aliphatic carbocycles. The first-order valence-corrected chi connectivity index (χ1v) is 5.84. The first kappa shape index (κ1) is 16.2. The van der Waals surface area contributed by atoms with Crippen LogP contribution in [0.2, 0.25) is 0 Å². The Labute approximate surface area is 119 Å². The van der Waals surface area contributed by atoms with Crippen LogP contribution in [0.15, 0.2) is 22.8 Å². The van der Waals surface area contributed by atoms with E-state index >= 15 is 0 Å². The van der Waals surface area contributed by atoms with E-state index in [1.807, 2.05) is 5.32 Å². The van der Waals surface area contributed by atoms with Gasteiger partial charge in [0.25, 0.3) is 5.91 Å². The number of hydrogen-bond donors (Lipinski definition) is 3. The summed E-state index contributed by atoms with van der Waals surface area (Å²) in [6, 6.07) is 1.37. The third-order valence-corrected chi connectivity index (χ3v) is 2.47. The Morgan fingerprint density at radius 2 is 2.00 bits per heavy atom. The summed E-state index contributed by atoms with van der Waals surface area (Å²) in [7, 11) is 1.33. The smallest absolute Gasteiger partial charge is 0.326 e. The Morgan fingerprint density at radius 3 is 2.48 bits per heavy atom.